The number of halogens is 1. The van der Waals surface area contributed by atoms with Gasteiger partial charge in [-0.3, -0.25) is 14.9 Å². The second-order valence-corrected chi connectivity index (χ2v) is 5.28. The summed E-state index contributed by atoms with van der Waals surface area (Å²) in [6.45, 7) is 1.74. The van der Waals surface area contributed by atoms with Crippen molar-refractivity contribution in [1.29, 1.82) is 0 Å². The number of carbonyl (C=O) groups excluding carboxylic acids is 1. The number of carbonyl (C=O) groups is 1. The topological polar surface area (TPSA) is 64.6 Å². The summed E-state index contributed by atoms with van der Waals surface area (Å²) < 4.78 is 14.8. The number of benzene rings is 1. The fourth-order valence-corrected chi connectivity index (χ4v) is 2.72. The summed E-state index contributed by atoms with van der Waals surface area (Å²) in [6, 6.07) is 10.7. The van der Waals surface area contributed by atoms with Crippen LogP contribution in [0.1, 0.15) is 27.2 Å². The summed E-state index contributed by atoms with van der Waals surface area (Å²) in [5.74, 6) is -0.688. The SMILES string of the molecule is Cc1c(C=C[N+](=O)[O-])c2ccccn2c1C(=O)c1ccc(F)cc1. The molecule has 0 spiro atoms. The van der Waals surface area contributed by atoms with E-state index in [9.17, 15) is 19.3 Å². The standard InChI is InChI=1S/C18H13FN2O3/c1-12-15(9-11-21(23)24)16-4-2-3-10-20(16)17(12)18(22)13-5-7-14(19)8-6-13/h2-11H,1H3. The molecule has 5 nitrogen and oxygen atoms in total. The molecule has 24 heavy (non-hydrogen) atoms. The molecule has 3 aromatic rings. The number of hydrogen-bond donors (Lipinski definition) is 0. The third kappa shape index (κ3) is 2.69. The van der Waals surface area contributed by atoms with E-state index in [0.717, 1.165) is 6.20 Å². The Balaban J connectivity index is 2.21. The number of fused-ring (bicyclic) bond motifs is 1. The Hall–Kier alpha value is -3.28. The first-order valence-electron chi connectivity index (χ1n) is 7.20. The maximum absolute atomic E-state index is 13.1. The molecular formula is C18H13FN2O3. The molecule has 0 unspecified atom stereocenters. The quantitative estimate of drug-likeness (QED) is 0.416. The van der Waals surface area contributed by atoms with Crippen LogP contribution in [0.2, 0.25) is 0 Å². The molecular weight excluding hydrogens is 311 g/mol. The van der Waals surface area contributed by atoms with E-state index < -0.39 is 10.7 Å². The van der Waals surface area contributed by atoms with Crippen LogP contribution in [0.4, 0.5) is 4.39 Å². The molecule has 1 aromatic carbocycles. The van der Waals surface area contributed by atoms with Crippen molar-refractivity contribution in [3.05, 3.63) is 93.2 Å². The van der Waals surface area contributed by atoms with E-state index in [4.69, 9.17) is 0 Å². The zero-order valence-corrected chi connectivity index (χ0v) is 12.8. The molecule has 0 N–H and O–H groups in total. The van der Waals surface area contributed by atoms with Crippen LogP contribution in [0.25, 0.3) is 11.6 Å². The Labute approximate surface area is 136 Å². The highest BCUT2D eigenvalue weighted by atomic mass is 19.1. The number of pyridine rings is 1. The molecule has 0 fully saturated rings. The van der Waals surface area contributed by atoms with Crippen molar-refractivity contribution in [2.45, 2.75) is 6.92 Å². The van der Waals surface area contributed by atoms with E-state index in [-0.39, 0.29) is 5.78 Å². The molecule has 0 aliphatic rings. The van der Waals surface area contributed by atoms with Gasteiger partial charge in [0.1, 0.15) is 5.82 Å². The first kappa shape index (κ1) is 15.6. The fraction of sp³-hybridized carbons (Fsp3) is 0.0556. The van der Waals surface area contributed by atoms with Gasteiger partial charge in [-0.15, -0.1) is 0 Å². The zero-order chi connectivity index (χ0) is 17.3. The molecule has 0 saturated heterocycles. The number of nitro groups is 1. The van der Waals surface area contributed by atoms with Crippen LogP contribution in [0, 0.1) is 22.9 Å². The van der Waals surface area contributed by atoms with Gasteiger partial charge in [-0.05, 0) is 48.9 Å². The monoisotopic (exact) mass is 324 g/mol. The normalized spacial score (nSPS) is 11.2. The summed E-state index contributed by atoms with van der Waals surface area (Å²) in [5.41, 5.74) is 2.69. The molecule has 0 saturated carbocycles. The molecule has 6 heteroatoms. The largest absolute Gasteiger partial charge is 0.313 e. The highest BCUT2D eigenvalue weighted by Crippen LogP contribution is 2.26. The molecule has 0 amide bonds. The van der Waals surface area contributed by atoms with E-state index >= 15 is 0 Å². The van der Waals surface area contributed by atoms with E-state index in [1.54, 1.807) is 35.7 Å². The lowest BCUT2D eigenvalue weighted by Crippen LogP contribution is -2.06. The van der Waals surface area contributed by atoms with Gasteiger partial charge in [0.25, 0.3) is 0 Å². The van der Waals surface area contributed by atoms with Crippen LogP contribution in [0.15, 0.2) is 54.9 Å². The van der Waals surface area contributed by atoms with Gasteiger partial charge >= 0.3 is 0 Å². The highest BCUT2D eigenvalue weighted by molar-refractivity contribution is 6.10. The van der Waals surface area contributed by atoms with Crippen molar-refractivity contribution < 1.29 is 14.1 Å². The van der Waals surface area contributed by atoms with Crippen molar-refractivity contribution in [3.8, 4) is 0 Å². The van der Waals surface area contributed by atoms with E-state index in [1.807, 2.05) is 0 Å². The number of aromatic nitrogens is 1. The summed E-state index contributed by atoms with van der Waals surface area (Å²) in [7, 11) is 0. The number of ketones is 1. The summed E-state index contributed by atoms with van der Waals surface area (Å²) >= 11 is 0. The Kier molecular flexibility index (Phi) is 3.95. The highest BCUT2D eigenvalue weighted by Gasteiger charge is 2.20. The second kappa shape index (κ2) is 6.08. The lowest BCUT2D eigenvalue weighted by molar-refractivity contribution is -0.400. The van der Waals surface area contributed by atoms with Gasteiger partial charge in [-0.2, -0.15) is 0 Å². The molecule has 0 aliphatic carbocycles. The summed E-state index contributed by atoms with van der Waals surface area (Å²) in [4.78, 5) is 22.9. The van der Waals surface area contributed by atoms with Crippen molar-refractivity contribution in [3.63, 3.8) is 0 Å². The Morgan fingerprint density at radius 2 is 1.92 bits per heavy atom. The minimum absolute atomic E-state index is 0.269. The Morgan fingerprint density at radius 3 is 2.58 bits per heavy atom. The van der Waals surface area contributed by atoms with E-state index in [1.165, 1.54) is 30.3 Å². The van der Waals surface area contributed by atoms with Crippen molar-refractivity contribution in [1.82, 2.24) is 4.40 Å². The van der Waals surface area contributed by atoms with Crippen LogP contribution in [-0.4, -0.2) is 15.1 Å². The van der Waals surface area contributed by atoms with Crippen LogP contribution < -0.4 is 0 Å². The van der Waals surface area contributed by atoms with Crippen molar-refractivity contribution in [2.75, 3.05) is 0 Å². The first-order valence-corrected chi connectivity index (χ1v) is 7.20. The van der Waals surface area contributed by atoms with Gasteiger partial charge in [-0.25, -0.2) is 4.39 Å². The van der Waals surface area contributed by atoms with Crippen molar-refractivity contribution in [2.24, 2.45) is 0 Å². The van der Waals surface area contributed by atoms with E-state index in [0.29, 0.717) is 27.9 Å². The minimum atomic E-state index is -0.548. The molecule has 0 aliphatic heterocycles. The zero-order valence-electron chi connectivity index (χ0n) is 12.8. The van der Waals surface area contributed by atoms with E-state index in [2.05, 4.69) is 0 Å². The summed E-state index contributed by atoms with van der Waals surface area (Å²) in [5, 5.41) is 10.6. The predicted molar refractivity (Wildman–Crippen MR) is 88.0 cm³/mol. The van der Waals surface area contributed by atoms with Gasteiger partial charge in [-0.1, -0.05) is 6.07 Å². The third-order valence-electron chi connectivity index (χ3n) is 3.82. The summed E-state index contributed by atoms with van der Waals surface area (Å²) in [6.07, 6.45) is 3.95. The minimum Gasteiger partial charge on any atom is -0.313 e. The fourth-order valence-electron chi connectivity index (χ4n) is 2.72. The molecule has 0 radical (unpaired) electrons. The smallest absolute Gasteiger partial charge is 0.235 e. The van der Waals surface area contributed by atoms with Crippen molar-refractivity contribution >= 4 is 17.4 Å². The molecule has 120 valence electrons. The predicted octanol–water partition coefficient (Wildman–Crippen LogP) is 3.87. The van der Waals surface area contributed by atoms with Crippen LogP contribution in [0.3, 0.4) is 0 Å². The maximum Gasteiger partial charge on any atom is 0.235 e. The second-order valence-electron chi connectivity index (χ2n) is 5.28. The van der Waals surface area contributed by atoms with Crippen LogP contribution in [0.5, 0.6) is 0 Å². The first-order chi connectivity index (χ1) is 11.5. The van der Waals surface area contributed by atoms with Gasteiger partial charge < -0.3 is 4.40 Å². The third-order valence-corrected chi connectivity index (χ3v) is 3.82. The molecule has 2 aromatic heterocycles. The lowest BCUT2D eigenvalue weighted by Gasteiger charge is -2.04. The number of hydrogen-bond acceptors (Lipinski definition) is 3. The average Bonchev–Trinajstić information content (AvgIpc) is 2.84. The van der Waals surface area contributed by atoms with Gasteiger partial charge in [0.2, 0.25) is 12.0 Å². The van der Waals surface area contributed by atoms with Gasteiger partial charge in [0.05, 0.1) is 16.1 Å². The molecule has 2 heterocycles. The van der Waals surface area contributed by atoms with Crippen LogP contribution >= 0.6 is 0 Å². The maximum atomic E-state index is 13.1. The average molecular weight is 324 g/mol. The number of nitrogens with zero attached hydrogens (tertiary/aromatic N) is 2. The Morgan fingerprint density at radius 1 is 1.21 bits per heavy atom. The molecule has 3 rings (SSSR count). The Bertz CT molecular complexity index is 972. The van der Waals surface area contributed by atoms with Gasteiger partial charge in [0.15, 0.2) is 0 Å². The number of rotatable bonds is 4. The van der Waals surface area contributed by atoms with Gasteiger partial charge in [0, 0.05) is 23.4 Å². The van der Waals surface area contributed by atoms with Crippen LogP contribution in [-0.2, 0) is 0 Å². The molecule has 0 bridgehead atoms. The lowest BCUT2D eigenvalue weighted by atomic mass is 10.0. The molecule has 0 atom stereocenters.